The molecule has 0 radical (unpaired) electrons. The van der Waals surface area contributed by atoms with E-state index < -0.39 is 6.43 Å². The van der Waals surface area contributed by atoms with Crippen LogP contribution >= 0.6 is 22.6 Å². The van der Waals surface area contributed by atoms with Crippen molar-refractivity contribution >= 4 is 22.6 Å². The van der Waals surface area contributed by atoms with Crippen molar-refractivity contribution in [1.29, 1.82) is 5.26 Å². The van der Waals surface area contributed by atoms with Gasteiger partial charge in [0.05, 0.1) is 18.2 Å². The van der Waals surface area contributed by atoms with Gasteiger partial charge in [-0.2, -0.15) is 5.26 Å². The second kappa shape index (κ2) is 5.32. The summed E-state index contributed by atoms with van der Waals surface area (Å²) in [6.45, 7) is 0.0631. The summed E-state index contributed by atoms with van der Waals surface area (Å²) >= 11 is 1.78. The molecule has 1 heterocycles. The maximum absolute atomic E-state index is 12.7. The molecule has 0 aromatic carbocycles. The van der Waals surface area contributed by atoms with Crippen LogP contribution < -0.4 is 5.73 Å². The number of hydrogen-bond donors (Lipinski definition) is 1. The molecule has 15 heavy (non-hydrogen) atoms. The van der Waals surface area contributed by atoms with E-state index >= 15 is 0 Å². The first-order chi connectivity index (χ1) is 7.11. The highest BCUT2D eigenvalue weighted by Crippen LogP contribution is 2.29. The lowest BCUT2D eigenvalue weighted by Gasteiger charge is -2.11. The molecule has 0 unspecified atom stereocenters. The molecule has 0 atom stereocenters. The predicted octanol–water partition coefficient (Wildman–Crippen LogP) is 2.15. The molecule has 0 aliphatic rings. The normalized spacial score (nSPS) is 10.4. The standard InChI is InChI=1S/C9H8F2IN3/c10-9(11)8-5(1-2-13)7(3-14)15-4-6(8)12/h4,9H,1,3,14H2. The first-order valence-electron chi connectivity index (χ1n) is 4.13. The molecule has 0 saturated carbocycles. The van der Waals surface area contributed by atoms with Crippen LogP contribution in [0.25, 0.3) is 0 Å². The number of nitriles is 1. The molecule has 0 spiro atoms. The van der Waals surface area contributed by atoms with Gasteiger partial charge in [0.25, 0.3) is 6.43 Å². The van der Waals surface area contributed by atoms with Gasteiger partial charge < -0.3 is 5.73 Å². The zero-order valence-electron chi connectivity index (χ0n) is 7.67. The van der Waals surface area contributed by atoms with Crippen LogP contribution in [0.4, 0.5) is 8.78 Å². The molecular formula is C9H8F2IN3. The molecule has 80 valence electrons. The number of nitrogens with two attached hydrogens (primary N) is 1. The summed E-state index contributed by atoms with van der Waals surface area (Å²) in [5, 5.41) is 8.57. The molecule has 3 nitrogen and oxygen atoms in total. The van der Waals surface area contributed by atoms with Crippen molar-refractivity contribution in [3.8, 4) is 6.07 Å². The van der Waals surface area contributed by atoms with Crippen LogP contribution in [0.2, 0.25) is 0 Å². The van der Waals surface area contributed by atoms with Gasteiger partial charge in [-0.25, -0.2) is 8.78 Å². The Bertz CT molecular complexity index is 401. The predicted molar refractivity (Wildman–Crippen MR) is 59.1 cm³/mol. The van der Waals surface area contributed by atoms with E-state index in [0.717, 1.165) is 0 Å². The highest BCUT2D eigenvalue weighted by molar-refractivity contribution is 14.1. The molecule has 1 aromatic heterocycles. The summed E-state index contributed by atoms with van der Waals surface area (Å²) in [6.07, 6.45) is -1.34. The van der Waals surface area contributed by atoms with Crippen molar-refractivity contribution in [2.45, 2.75) is 19.4 Å². The van der Waals surface area contributed by atoms with Gasteiger partial charge in [0, 0.05) is 21.9 Å². The summed E-state index contributed by atoms with van der Waals surface area (Å²) in [7, 11) is 0. The fraction of sp³-hybridized carbons (Fsp3) is 0.333. The van der Waals surface area contributed by atoms with Crippen LogP contribution in [-0.2, 0) is 13.0 Å². The Hall–Kier alpha value is -0.810. The number of pyridine rings is 1. The smallest absolute Gasteiger partial charge is 0.265 e. The Morgan fingerprint density at radius 1 is 1.60 bits per heavy atom. The molecule has 0 amide bonds. The van der Waals surface area contributed by atoms with Crippen molar-refractivity contribution < 1.29 is 8.78 Å². The Morgan fingerprint density at radius 2 is 2.27 bits per heavy atom. The average Bonchev–Trinajstić information content (AvgIpc) is 2.18. The Kier molecular flexibility index (Phi) is 4.35. The summed E-state index contributed by atoms with van der Waals surface area (Å²) in [4.78, 5) is 3.94. The maximum Gasteiger partial charge on any atom is 0.265 e. The van der Waals surface area contributed by atoms with Crippen molar-refractivity contribution in [2.75, 3.05) is 0 Å². The van der Waals surface area contributed by atoms with Crippen molar-refractivity contribution in [2.24, 2.45) is 5.73 Å². The van der Waals surface area contributed by atoms with E-state index in [1.807, 2.05) is 6.07 Å². The minimum atomic E-state index is -2.60. The lowest BCUT2D eigenvalue weighted by Crippen LogP contribution is -2.09. The van der Waals surface area contributed by atoms with E-state index in [1.54, 1.807) is 22.6 Å². The van der Waals surface area contributed by atoms with Crippen LogP contribution in [0.15, 0.2) is 6.20 Å². The molecule has 1 rings (SSSR count). The van der Waals surface area contributed by atoms with Crippen LogP contribution in [0.3, 0.4) is 0 Å². The van der Waals surface area contributed by atoms with Crippen LogP contribution in [0.1, 0.15) is 23.2 Å². The first-order valence-corrected chi connectivity index (χ1v) is 5.21. The highest BCUT2D eigenvalue weighted by Gasteiger charge is 2.19. The molecule has 0 bridgehead atoms. The second-order valence-corrected chi connectivity index (χ2v) is 3.95. The number of rotatable bonds is 3. The fourth-order valence-corrected chi connectivity index (χ4v) is 1.97. The zero-order valence-corrected chi connectivity index (χ0v) is 9.83. The minimum absolute atomic E-state index is 0.0631. The maximum atomic E-state index is 12.7. The van der Waals surface area contributed by atoms with E-state index in [2.05, 4.69) is 4.98 Å². The number of aromatic nitrogens is 1. The van der Waals surface area contributed by atoms with E-state index in [0.29, 0.717) is 9.26 Å². The molecule has 0 aliphatic carbocycles. The lowest BCUT2D eigenvalue weighted by atomic mass is 10.0. The van der Waals surface area contributed by atoms with Crippen LogP contribution in [0, 0.1) is 14.9 Å². The van der Waals surface area contributed by atoms with E-state index in [-0.39, 0.29) is 24.1 Å². The van der Waals surface area contributed by atoms with Gasteiger partial charge in [-0.15, -0.1) is 0 Å². The average molecular weight is 323 g/mol. The third kappa shape index (κ3) is 2.60. The van der Waals surface area contributed by atoms with Gasteiger partial charge in [0.15, 0.2) is 0 Å². The van der Waals surface area contributed by atoms with E-state index in [4.69, 9.17) is 11.0 Å². The summed E-state index contributed by atoms with van der Waals surface area (Å²) in [6, 6.07) is 1.85. The van der Waals surface area contributed by atoms with Gasteiger partial charge in [-0.05, 0) is 28.2 Å². The molecule has 6 heteroatoms. The van der Waals surface area contributed by atoms with Crippen molar-refractivity contribution in [3.05, 3.63) is 26.6 Å². The Morgan fingerprint density at radius 3 is 2.73 bits per heavy atom. The van der Waals surface area contributed by atoms with Gasteiger partial charge >= 0.3 is 0 Å². The van der Waals surface area contributed by atoms with E-state index in [9.17, 15) is 8.78 Å². The van der Waals surface area contributed by atoms with Gasteiger partial charge in [0.2, 0.25) is 0 Å². The Balaban J connectivity index is 3.38. The quantitative estimate of drug-likeness (QED) is 0.867. The van der Waals surface area contributed by atoms with Crippen LogP contribution in [-0.4, -0.2) is 4.98 Å². The molecule has 2 N–H and O–H groups in total. The minimum Gasteiger partial charge on any atom is -0.325 e. The Labute approximate surface area is 99.4 Å². The third-order valence-corrected chi connectivity index (χ3v) is 2.79. The molecular weight excluding hydrogens is 315 g/mol. The van der Waals surface area contributed by atoms with Crippen LogP contribution in [0.5, 0.6) is 0 Å². The molecule has 0 saturated heterocycles. The topological polar surface area (TPSA) is 62.7 Å². The highest BCUT2D eigenvalue weighted by atomic mass is 127. The van der Waals surface area contributed by atoms with Gasteiger partial charge in [-0.1, -0.05) is 0 Å². The fourth-order valence-electron chi connectivity index (χ4n) is 1.27. The molecule has 1 aromatic rings. The monoisotopic (exact) mass is 323 g/mol. The number of nitrogens with zero attached hydrogens (tertiary/aromatic N) is 2. The SMILES string of the molecule is N#CCc1c(CN)ncc(I)c1C(F)F. The number of halogens is 3. The first kappa shape index (κ1) is 12.3. The van der Waals surface area contributed by atoms with Crippen molar-refractivity contribution in [3.63, 3.8) is 0 Å². The lowest BCUT2D eigenvalue weighted by molar-refractivity contribution is 0.149. The summed E-state index contributed by atoms with van der Waals surface area (Å²) in [5.41, 5.74) is 5.90. The summed E-state index contributed by atoms with van der Waals surface area (Å²) in [5.74, 6) is 0. The summed E-state index contributed by atoms with van der Waals surface area (Å²) < 4.78 is 25.9. The van der Waals surface area contributed by atoms with E-state index in [1.165, 1.54) is 6.20 Å². The molecule has 0 aliphatic heterocycles. The molecule has 0 fully saturated rings. The van der Waals surface area contributed by atoms with Crippen molar-refractivity contribution in [1.82, 2.24) is 4.98 Å². The van der Waals surface area contributed by atoms with Gasteiger partial charge in [-0.3, -0.25) is 4.98 Å². The second-order valence-electron chi connectivity index (χ2n) is 2.78. The number of alkyl halides is 2. The third-order valence-electron chi connectivity index (χ3n) is 1.93. The number of hydrogen-bond acceptors (Lipinski definition) is 3. The van der Waals surface area contributed by atoms with Gasteiger partial charge in [0.1, 0.15) is 0 Å². The largest absolute Gasteiger partial charge is 0.325 e. The zero-order chi connectivity index (χ0) is 11.4.